The molecule has 0 radical (unpaired) electrons. The van der Waals surface area contributed by atoms with Crippen LogP contribution in [0.3, 0.4) is 0 Å². The molecule has 4 nitrogen and oxygen atoms in total. The molecule has 3 unspecified atom stereocenters. The monoisotopic (exact) mass is 426 g/mol. The molecule has 2 saturated heterocycles. The fourth-order valence-electron chi connectivity index (χ4n) is 5.50. The van der Waals surface area contributed by atoms with Gasteiger partial charge in [-0.2, -0.15) is 0 Å². The van der Waals surface area contributed by atoms with Crippen LogP contribution in [-0.2, 0) is 6.54 Å². The number of para-hydroxylation sites is 1. The molecule has 5 rings (SSSR count). The van der Waals surface area contributed by atoms with Crippen LogP contribution in [0.2, 0.25) is 0 Å². The molecular formula is C28H30N2O2. The number of ether oxygens (including phenoxy) is 1. The number of carbonyl (C=O) groups is 1. The number of rotatable bonds is 4. The summed E-state index contributed by atoms with van der Waals surface area (Å²) >= 11 is 0. The lowest BCUT2D eigenvalue weighted by atomic mass is 9.76. The number of hydrogen-bond donors (Lipinski definition) is 0. The van der Waals surface area contributed by atoms with Gasteiger partial charge in [0.25, 0.3) is 0 Å². The summed E-state index contributed by atoms with van der Waals surface area (Å²) < 4.78 is 5.81. The number of nitrogens with zero attached hydrogens (tertiary/aromatic N) is 2. The van der Waals surface area contributed by atoms with Gasteiger partial charge in [-0.25, -0.2) is 4.79 Å². The van der Waals surface area contributed by atoms with Crippen molar-refractivity contribution in [2.45, 2.75) is 25.9 Å². The molecule has 3 aromatic rings. The predicted molar refractivity (Wildman–Crippen MR) is 126 cm³/mol. The van der Waals surface area contributed by atoms with Gasteiger partial charge in [0.2, 0.25) is 0 Å². The van der Waals surface area contributed by atoms with Crippen molar-refractivity contribution in [2.75, 3.05) is 19.6 Å². The van der Waals surface area contributed by atoms with Crippen LogP contribution in [0.15, 0.2) is 84.9 Å². The summed E-state index contributed by atoms with van der Waals surface area (Å²) in [5.41, 5.74) is 3.82. The minimum absolute atomic E-state index is 0.0298. The number of piperidine rings is 2. The first-order valence-corrected chi connectivity index (χ1v) is 11.5. The van der Waals surface area contributed by atoms with Gasteiger partial charge in [0.1, 0.15) is 5.75 Å². The van der Waals surface area contributed by atoms with Gasteiger partial charge in [-0.1, -0.05) is 72.8 Å². The average molecular weight is 427 g/mol. The topological polar surface area (TPSA) is 32.8 Å². The summed E-state index contributed by atoms with van der Waals surface area (Å²) in [5.74, 6) is 1.44. The predicted octanol–water partition coefficient (Wildman–Crippen LogP) is 5.69. The van der Waals surface area contributed by atoms with Crippen molar-refractivity contribution < 1.29 is 9.53 Å². The van der Waals surface area contributed by atoms with Crippen molar-refractivity contribution in [3.05, 3.63) is 102 Å². The number of hydrogen-bond acceptors (Lipinski definition) is 3. The van der Waals surface area contributed by atoms with E-state index in [0.717, 1.165) is 32.6 Å². The zero-order valence-electron chi connectivity index (χ0n) is 18.6. The minimum Gasteiger partial charge on any atom is -0.410 e. The second kappa shape index (κ2) is 9.17. The number of aryl methyl sites for hydroxylation is 1. The molecule has 1 amide bonds. The Morgan fingerprint density at radius 1 is 0.875 bits per heavy atom. The van der Waals surface area contributed by atoms with Gasteiger partial charge in [0.15, 0.2) is 0 Å². The number of benzene rings is 3. The molecule has 4 heteroatoms. The summed E-state index contributed by atoms with van der Waals surface area (Å²) in [6.07, 6.45) is 0.912. The van der Waals surface area contributed by atoms with Crippen LogP contribution >= 0.6 is 0 Å². The molecule has 2 bridgehead atoms. The quantitative estimate of drug-likeness (QED) is 0.537. The van der Waals surface area contributed by atoms with Gasteiger partial charge in [0, 0.05) is 26.2 Å². The van der Waals surface area contributed by atoms with Gasteiger partial charge < -0.3 is 9.64 Å². The van der Waals surface area contributed by atoms with Crippen LogP contribution in [0, 0.1) is 18.8 Å². The van der Waals surface area contributed by atoms with Crippen LogP contribution in [0.25, 0.3) is 0 Å². The van der Waals surface area contributed by atoms with Crippen LogP contribution in [0.5, 0.6) is 5.75 Å². The number of likely N-dealkylation sites (tertiary alicyclic amines) is 2. The molecule has 2 fully saturated rings. The molecule has 0 saturated carbocycles. The number of fused-ring (bicyclic) bond motifs is 2. The van der Waals surface area contributed by atoms with Crippen LogP contribution in [0.4, 0.5) is 4.79 Å². The summed E-state index contributed by atoms with van der Waals surface area (Å²) in [4.78, 5) is 17.9. The van der Waals surface area contributed by atoms with E-state index in [1.807, 2.05) is 35.2 Å². The third kappa shape index (κ3) is 4.42. The Bertz CT molecular complexity index is 1050. The van der Waals surface area contributed by atoms with Gasteiger partial charge >= 0.3 is 6.09 Å². The highest BCUT2D eigenvalue weighted by atomic mass is 16.6. The Kier molecular flexibility index (Phi) is 5.95. The van der Waals surface area contributed by atoms with Crippen molar-refractivity contribution >= 4 is 6.09 Å². The molecule has 164 valence electrons. The Labute approximate surface area is 190 Å². The molecule has 2 aliphatic heterocycles. The molecular weight excluding hydrogens is 396 g/mol. The highest BCUT2D eigenvalue weighted by molar-refractivity contribution is 5.71. The summed E-state index contributed by atoms with van der Waals surface area (Å²) in [5, 5.41) is 0. The Balaban J connectivity index is 1.42. The van der Waals surface area contributed by atoms with E-state index in [9.17, 15) is 4.79 Å². The molecule has 0 aromatic heterocycles. The number of amides is 1. The van der Waals surface area contributed by atoms with E-state index in [4.69, 9.17) is 4.74 Å². The third-order valence-electron chi connectivity index (χ3n) is 6.82. The van der Waals surface area contributed by atoms with E-state index in [1.54, 1.807) is 0 Å². The van der Waals surface area contributed by atoms with E-state index >= 15 is 0 Å². The zero-order valence-corrected chi connectivity index (χ0v) is 18.6. The van der Waals surface area contributed by atoms with Gasteiger partial charge in [-0.05, 0) is 54.0 Å². The Morgan fingerprint density at radius 2 is 1.56 bits per heavy atom. The highest BCUT2D eigenvalue weighted by Crippen LogP contribution is 2.43. The van der Waals surface area contributed by atoms with E-state index in [0.29, 0.717) is 17.6 Å². The molecule has 2 heterocycles. The molecule has 32 heavy (non-hydrogen) atoms. The zero-order chi connectivity index (χ0) is 21.9. The minimum atomic E-state index is -0.240. The number of carbonyl (C=O) groups excluding carboxylic acids is 1. The van der Waals surface area contributed by atoms with E-state index in [-0.39, 0.29) is 12.1 Å². The second-order valence-corrected chi connectivity index (χ2v) is 9.18. The highest BCUT2D eigenvalue weighted by Gasteiger charge is 2.44. The summed E-state index contributed by atoms with van der Waals surface area (Å²) in [6, 6.07) is 28.6. The first kappa shape index (κ1) is 20.8. The first-order chi connectivity index (χ1) is 15.7. The lowest BCUT2D eigenvalue weighted by molar-refractivity contribution is -0.00791. The van der Waals surface area contributed by atoms with Crippen LogP contribution < -0.4 is 4.74 Å². The van der Waals surface area contributed by atoms with Crippen molar-refractivity contribution in [3.63, 3.8) is 0 Å². The summed E-state index contributed by atoms with van der Waals surface area (Å²) in [6.45, 7) is 5.84. The lowest BCUT2D eigenvalue weighted by Crippen LogP contribution is -2.55. The standard InChI is InChI=1S/C28H30N2O2/c1-21-10-8-9-15-26(21)27-24-16-23(18-29(20-24)17-22-11-4-2-5-12-22)19-30(27)28(31)32-25-13-6-3-7-14-25/h2-15,23-24,27H,16-20H2,1H3. The van der Waals surface area contributed by atoms with Crippen molar-refractivity contribution in [2.24, 2.45) is 11.8 Å². The molecule has 0 N–H and O–H groups in total. The van der Waals surface area contributed by atoms with E-state index < -0.39 is 0 Å². The maximum atomic E-state index is 13.4. The van der Waals surface area contributed by atoms with Crippen molar-refractivity contribution in [1.29, 1.82) is 0 Å². The smallest absolute Gasteiger partial charge is 0.410 e. The largest absolute Gasteiger partial charge is 0.415 e. The van der Waals surface area contributed by atoms with Crippen molar-refractivity contribution in [1.82, 2.24) is 9.80 Å². The Hall–Kier alpha value is -3.11. The first-order valence-electron chi connectivity index (χ1n) is 11.5. The molecule has 0 aliphatic carbocycles. The third-order valence-corrected chi connectivity index (χ3v) is 6.82. The van der Waals surface area contributed by atoms with E-state index in [2.05, 4.69) is 66.4 Å². The maximum Gasteiger partial charge on any atom is 0.415 e. The second-order valence-electron chi connectivity index (χ2n) is 9.18. The van der Waals surface area contributed by atoms with E-state index in [1.165, 1.54) is 16.7 Å². The van der Waals surface area contributed by atoms with Crippen LogP contribution in [-0.4, -0.2) is 35.5 Å². The fourth-order valence-corrected chi connectivity index (χ4v) is 5.50. The normalized spacial score (nSPS) is 23.0. The molecule has 3 aromatic carbocycles. The van der Waals surface area contributed by atoms with Crippen molar-refractivity contribution in [3.8, 4) is 5.75 Å². The molecule has 2 aliphatic rings. The van der Waals surface area contributed by atoms with Gasteiger partial charge in [-0.3, -0.25) is 4.90 Å². The molecule has 0 spiro atoms. The fraction of sp³-hybridized carbons (Fsp3) is 0.321. The molecule has 3 atom stereocenters. The SMILES string of the molecule is Cc1ccccc1C1C2CC(CN(Cc3ccccc3)C2)CN1C(=O)Oc1ccccc1. The van der Waals surface area contributed by atoms with Gasteiger partial charge in [-0.15, -0.1) is 0 Å². The Morgan fingerprint density at radius 3 is 2.31 bits per heavy atom. The average Bonchev–Trinajstić information content (AvgIpc) is 2.81. The summed E-state index contributed by atoms with van der Waals surface area (Å²) in [7, 11) is 0. The van der Waals surface area contributed by atoms with Crippen LogP contribution in [0.1, 0.15) is 29.2 Å². The van der Waals surface area contributed by atoms with Gasteiger partial charge in [0.05, 0.1) is 6.04 Å². The maximum absolute atomic E-state index is 13.4. The lowest BCUT2D eigenvalue weighted by Gasteiger charge is -2.50.